The molecule has 5 nitrogen and oxygen atoms in total. The third kappa shape index (κ3) is 6.73. The molecule has 0 radical (unpaired) electrons. The van der Waals surface area contributed by atoms with Gasteiger partial charge in [0.15, 0.2) is 16.6 Å². The van der Waals surface area contributed by atoms with Crippen molar-refractivity contribution in [3.05, 3.63) is 58.6 Å². The number of nitrogens with one attached hydrogen (secondary N) is 2. The Hall–Kier alpha value is -2.31. The van der Waals surface area contributed by atoms with Gasteiger partial charge in [0.1, 0.15) is 0 Å². The molecule has 0 heterocycles. The Balaban J connectivity index is 1.88. The maximum atomic E-state index is 12.1. The van der Waals surface area contributed by atoms with E-state index in [0.717, 1.165) is 18.4 Å². The van der Waals surface area contributed by atoms with E-state index in [9.17, 15) is 4.79 Å². The number of hydrogen-bond donors (Lipinski definition) is 2. The first kappa shape index (κ1) is 21.0. The van der Waals surface area contributed by atoms with Crippen molar-refractivity contribution in [3.8, 4) is 11.5 Å². The zero-order valence-corrected chi connectivity index (χ0v) is 17.0. The number of hydrogen-bond acceptors (Lipinski definition) is 4. The van der Waals surface area contributed by atoms with E-state index in [2.05, 4.69) is 17.6 Å². The van der Waals surface area contributed by atoms with E-state index in [4.69, 9.17) is 33.3 Å². The average molecular weight is 407 g/mol. The van der Waals surface area contributed by atoms with Gasteiger partial charge in [-0.05, 0) is 60.6 Å². The summed E-state index contributed by atoms with van der Waals surface area (Å²) in [6.07, 6.45) is 2.07. The SMILES string of the molecule is CCCCOc1ccc(CNC(=S)NC(=O)c2ccc(Cl)cc2)cc1OC. The monoisotopic (exact) mass is 406 g/mol. The van der Waals surface area contributed by atoms with Crippen molar-refractivity contribution in [2.45, 2.75) is 26.3 Å². The number of carbonyl (C=O) groups excluding carboxylic acids is 1. The molecule has 0 aliphatic carbocycles. The van der Waals surface area contributed by atoms with E-state index in [0.29, 0.717) is 35.2 Å². The highest BCUT2D eigenvalue weighted by Gasteiger charge is 2.09. The van der Waals surface area contributed by atoms with Gasteiger partial charge >= 0.3 is 0 Å². The van der Waals surface area contributed by atoms with Crippen LogP contribution in [0.15, 0.2) is 42.5 Å². The molecule has 144 valence electrons. The van der Waals surface area contributed by atoms with E-state index in [1.54, 1.807) is 31.4 Å². The molecule has 0 atom stereocenters. The molecule has 0 spiro atoms. The summed E-state index contributed by atoms with van der Waals surface area (Å²) in [5, 5.41) is 6.47. The van der Waals surface area contributed by atoms with Crippen LogP contribution in [0.4, 0.5) is 0 Å². The second kappa shape index (κ2) is 10.7. The summed E-state index contributed by atoms with van der Waals surface area (Å²) in [5.41, 5.74) is 1.44. The molecule has 27 heavy (non-hydrogen) atoms. The van der Waals surface area contributed by atoms with E-state index in [1.165, 1.54) is 0 Å². The Morgan fingerprint density at radius 1 is 1.15 bits per heavy atom. The highest BCUT2D eigenvalue weighted by atomic mass is 35.5. The zero-order chi connectivity index (χ0) is 19.6. The van der Waals surface area contributed by atoms with Crippen LogP contribution in [0.3, 0.4) is 0 Å². The number of methoxy groups -OCH3 is 1. The molecule has 0 aromatic heterocycles. The van der Waals surface area contributed by atoms with Crippen LogP contribution in [-0.2, 0) is 6.54 Å². The van der Waals surface area contributed by atoms with Gasteiger partial charge in [-0.25, -0.2) is 0 Å². The highest BCUT2D eigenvalue weighted by Crippen LogP contribution is 2.28. The summed E-state index contributed by atoms with van der Waals surface area (Å²) in [6.45, 7) is 3.22. The first-order valence-electron chi connectivity index (χ1n) is 8.68. The zero-order valence-electron chi connectivity index (χ0n) is 15.4. The largest absolute Gasteiger partial charge is 0.493 e. The molecular formula is C20H23ClN2O3S. The maximum absolute atomic E-state index is 12.1. The molecule has 1 amide bonds. The second-order valence-corrected chi connectivity index (χ2v) is 6.68. The van der Waals surface area contributed by atoms with Crippen molar-refractivity contribution in [2.24, 2.45) is 0 Å². The lowest BCUT2D eigenvalue weighted by Gasteiger charge is -2.13. The number of carbonyl (C=O) groups is 1. The van der Waals surface area contributed by atoms with E-state index in [1.807, 2.05) is 18.2 Å². The van der Waals surface area contributed by atoms with E-state index >= 15 is 0 Å². The van der Waals surface area contributed by atoms with Gasteiger partial charge in [0.25, 0.3) is 5.91 Å². The molecule has 0 saturated heterocycles. The number of ether oxygens (including phenoxy) is 2. The summed E-state index contributed by atoms with van der Waals surface area (Å²) in [7, 11) is 1.61. The molecule has 2 N–H and O–H groups in total. The minimum absolute atomic E-state index is 0.247. The third-order valence-electron chi connectivity index (χ3n) is 3.77. The minimum atomic E-state index is -0.290. The first-order valence-corrected chi connectivity index (χ1v) is 9.46. The lowest BCUT2D eigenvalue weighted by Crippen LogP contribution is -2.38. The fourth-order valence-electron chi connectivity index (χ4n) is 2.27. The second-order valence-electron chi connectivity index (χ2n) is 5.83. The predicted octanol–water partition coefficient (Wildman–Crippen LogP) is 4.33. The Bertz CT molecular complexity index is 781. The molecule has 0 aliphatic heterocycles. The number of benzene rings is 2. The molecule has 0 fully saturated rings. The van der Waals surface area contributed by atoms with Crippen LogP contribution < -0.4 is 20.1 Å². The third-order valence-corrected chi connectivity index (χ3v) is 4.27. The summed E-state index contributed by atoms with van der Waals surface area (Å²) in [4.78, 5) is 12.1. The standard InChI is InChI=1S/C20H23ClN2O3S/c1-3-4-11-26-17-10-5-14(12-18(17)25-2)13-22-20(27)23-19(24)15-6-8-16(21)9-7-15/h5-10,12H,3-4,11,13H2,1-2H3,(H2,22,23,24,27). The van der Waals surface area contributed by atoms with E-state index in [-0.39, 0.29) is 11.0 Å². The number of amides is 1. The van der Waals surface area contributed by atoms with Crippen LogP contribution >= 0.6 is 23.8 Å². The number of halogens is 1. The molecule has 7 heteroatoms. The van der Waals surface area contributed by atoms with Crippen LogP contribution in [0.25, 0.3) is 0 Å². The average Bonchev–Trinajstić information content (AvgIpc) is 2.67. The quantitative estimate of drug-likeness (QED) is 0.504. The Morgan fingerprint density at radius 3 is 2.56 bits per heavy atom. The molecule has 2 aromatic carbocycles. The van der Waals surface area contributed by atoms with Crippen LogP contribution in [0.5, 0.6) is 11.5 Å². The normalized spacial score (nSPS) is 10.2. The molecule has 0 unspecified atom stereocenters. The van der Waals surface area contributed by atoms with Crippen molar-refractivity contribution in [3.63, 3.8) is 0 Å². The van der Waals surface area contributed by atoms with Gasteiger partial charge in [-0.1, -0.05) is 31.0 Å². The van der Waals surface area contributed by atoms with Crippen LogP contribution in [0.2, 0.25) is 5.02 Å². The van der Waals surface area contributed by atoms with Crippen molar-refractivity contribution in [1.29, 1.82) is 0 Å². The summed E-state index contributed by atoms with van der Waals surface area (Å²) >= 11 is 11.0. The van der Waals surface area contributed by atoms with Crippen LogP contribution in [0.1, 0.15) is 35.7 Å². The van der Waals surface area contributed by atoms with Gasteiger partial charge in [-0.15, -0.1) is 0 Å². The maximum Gasteiger partial charge on any atom is 0.257 e. The number of rotatable bonds is 8. The van der Waals surface area contributed by atoms with Gasteiger partial charge in [0.2, 0.25) is 0 Å². The molecule has 0 aliphatic rings. The smallest absolute Gasteiger partial charge is 0.257 e. The van der Waals surface area contributed by atoms with Gasteiger partial charge < -0.3 is 14.8 Å². The Labute approximate surface area is 170 Å². The minimum Gasteiger partial charge on any atom is -0.493 e. The van der Waals surface area contributed by atoms with Gasteiger partial charge in [0.05, 0.1) is 13.7 Å². The summed E-state index contributed by atoms with van der Waals surface area (Å²) in [6, 6.07) is 12.3. The molecular weight excluding hydrogens is 384 g/mol. The number of thiocarbonyl (C=S) groups is 1. The fraction of sp³-hybridized carbons (Fsp3) is 0.300. The van der Waals surface area contributed by atoms with Gasteiger partial charge in [-0.2, -0.15) is 0 Å². The van der Waals surface area contributed by atoms with Gasteiger partial charge in [0, 0.05) is 17.1 Å². The lowest BCUT2D eigenvalue weighted by molar-refractivity contribution is 0.0976. The Morgan fingerprint density at radius 2 is 1.89 bits per heavy atom. The molecule has 0 saturated carbocycles. The van der Waals surface area contributed by atoms with Crippen molar-refractivity contribution >= 4 is 34.8 Å². The van der Waals surface area contributed by atoms with Gasteiger partial charge in [-0.3, -0.25) is 10.1 Å². The van der Waals surface area contributed by atoms with Crippen molar-refractivity contribution in [2.75, 3.05) is 13.7 Å². The molecule has 2 rings (SSSR count). The van der Waals surface area contributed by atoms with E-state index < -0.39 is 0 Å². The number of unbranched alkanes of at least 4 members (excludes halogenated alkanes) is 1. The predicted molar refractivity (Wildman–Crippen MR) is 112 cm³/mol. The fourth-order valence-corrected chi connectivity index (χ4v) is 2.56. The molecule has 2 aromatic rings. The topological polar surface area (TPSA) is 59.6 Å². The van der Waals surface area contributed by atoms with Crippen molar-refractivity contribution < 1.29 is 14.3 Å². The first-order chi connectivity index (χ1) is 13.0. The van der Waals surface area contributed by atoms with Crippen LogP contribution in [0, 0.1) is 0 Å². The Kier molecular flexibility index (Phi) is 8.36. The van der Waals surface area contributed by atoms with Crippen LogP contribution in [-0.4, -0.2) is 24.7 Å². The lowest BCUT2D eigenvalue weighted by atomic mass is 10.2. The van der Waals surface area contributed by atoms with Crippen molar-refractivity contribution in [1.82, 2.24) is 10.6 Å². The summed E-state index contributed by atoms with van der Waals surface area (Å²) < 4.78 is 11.1. The summed E-state index contributed by atoms with van der Waals surface area (Å²) in [5.74, 6) is 1.09. The highest BCUT2D eigenvalue weighted by molar-refractivity contribution is 7.80. The molecule has 0 bridgehead atoms.